The number of hydrogen-bond donors (Lipinski definition) is 0. The third-order valence-electron chi connectivity index (χ3n) is 13.4. The molecule has 3 aromatic carbocycles. The minimum atomic E-state index is -4.79. The fraction of sp³-hybridized carbons (Fsp3) is 0.500. The van der Waals surface area contributed by atoms with Crippen molar-refractivity contribution in [3.05, 3.63) is 105 Å². The molecule has 4 heteroatoms. The van der Waals surface area contributed by atoms with Crippen molar-refractivity contribution in [2.24, 2.45) is 5.92 Å². The Hall–Kier alpha value is -1.18. The molecule has 0 saturated heterocycles. The first kappa shape index (κ1) is 35.2. The van der Waals surface area contributed by atoms with Crippen molar-refractivity contribution in [1.29, 1.82) is 0 Å². The zero-order valence-corrected chi connectivity index (χ0v) is 35.3. The van der Waals surface area contributed by atoms with Gasteiger partial charge in [-0.2, -0.15) is 0 Å². The summed E-state index contributed by atoms with van der Waals surface area (Å²) in [5.41, 5.74) is 14.6. The van der Waals surface area contributed by atoms with E-state index in [1.807, 2.05) is 0 Å². The molecule has 48 heavy (non-hydrogen) atoms. The Kier molecular flexibility index (Phi) is 10.3. The van der Waals surface area contributed by atoms with Crippen LogP contribution in [-0.4, -0.2) is 5.92 Å². The third-order valence-corrected chi connectivity index (χ3v) is 65.2. The summed E-state index contributed by atoms with van der Waals surface area (Å²) in [4.78, 5) is 0. The van der Waals surface area contributed by atoms with E-state index in [4.69, 9.17) is 17.0 Å². The van der Waals surface area contributed by atoms with Crippen molar-refractivity contribution < 1.29 is 15.6 Å². The number of benzene rings is 3. The zero-order chi connectivity index (χ0) is 33.7. The molecule has 0 spiro atoms. The van der Waals surface area contributed by atoms with Gasteiger partial charge in [0.2, 0.25) is 0 Å². The van der Waals surface area contributed by atoms with Crippen molar-refractivity contribution in [2.45, 2.75) is 130 Å². The van der Waals surface area contributed by atoms with Crippen LogP contribution in [0.5, 0.6) is 0 Å². The molecule has 4 aliphatic carbocycles. The second-order valence-corrected chi connectivity index (χ2v) is 58.7. The Balaban J connectivity index is 1.37. The average Bonchev–Trinajstić information content (AvgIpc) is 3.73. The Morgan fingerprint density at radius 3 is 1.92 bits per heavy atom. The predicted molar refractivity (Wildman–Crippen MR) is 212 cm³/mol. The normalized spacial score (nSPS) is 23.3. The van der Waals surface area contributed by atoms with E-state index in [2.05, 4.69) is 107 Å². The topological polar surface area (TPSA) is 0 Å². The van der Waals surface area contributed by atoms with Gasteiger partial charge in [-0.05, 0) is 0 Å². The number of allylic oxidation sites excluding steroid dienone is 2. The summed E-state index contributed by atoms with van der Waals surface area (Å²) in [7, 11) is 17.6. The van der Waals surface area contributed by atoms with Gasteiger partial charge in [0.05, 0.1) is 0 Å². The monoisotopic (exact) mass is 773 g/mol. The SMILES string of the molecule is CCC1=Cc2c(-c3ccc(C4CCCCC4)cc3)cccc2[CH]1[Zr]([Cl])([Cl])([CH]1C(C2CCCCC2)=Cc2c(C(C)CC)cccc21)[SiH](C)C. The molecule has 0 heterocycles. The molecule has 0 N–H and O–H groups in total. The van der Waals surface area contributed by atoms with Gasteiger partial charge in [-0.25, -0.2) is 0 Å². The summed E-state index contributed by atoms with van der Waals surface area (Å²) >= 11 is -4.79. The zero-order valence-electron chi connectivity index (χ0n) is 30.1. The van der Waals surface area contributed by atoms with E-state index in [1.54, 1.807) is 5.57 Å². The van der Waals surface area contributed by atoms with Gasteiger partial charge >= 0.3 is 303 Å². The molecule has 255 valence electrons. The second-order valence-electron chi connectivity index (χ2n) is 16.2. The Morgan fingerprint density at radius 1 is 0.708 bits per heavy atom. The van der Waals surface area contributed by atoms with Gasteiger partial charge in [-0.1, -0.05) is 0 Å². The van der Waals surface area contributed by atoms with Gasteiger partial charge in [-0.3, -0.25) is 0 Å². The van der Waals surface area contributed by atoms with E-state index in [9.17, 15) is 0 Å². The van der Waals surface area contributed by atoms with Crippen LogP contribution in [0.1, 0.15) is 150 Å². The Morgan fingerprint density at radius 2 is 1.31 bits per heavy atom. The van der Waals surface area contributed by atoms with Crippen LogP contribution in [0.15, 0.2) is 71.8 Å². The van der Waals surface area contributed by atoms with Crippen LogP contribution in [0.3, 0.4) is 0 Å². The van der Waals surface area contributed by atoms with E-state index in [0.29, 0.717) is 11.8 Å². The molecule has 0 amide bonds. The Bertz CT molecular complexity index is 1700. The molecule has 0 radical (unpaired) electrons. The molecule has 2 fully saturated rings. The van der Waals surface area contributed by atoms with Crippen LogP contribution in [0, 0.1) is 5.92 Å². The standard InChI is InChI=1S/C23H25.C19H25.C2H7Si.2ClH.Zr/c1-2-17-15-21-9-6-10-22(23(21)16-17)20-13-11-19(12-14-20)18-7-4-3-5-8-18;1-3-14(2)18-11-7-10-16-12-17(13-19(16)18)15-8-5-4-6-9-15;1-3-2;;;/h6,9-16,18H,2-5,7-8H2,1H3;7,10-15H,3-6,8-9H2,1-2H3;3H,1-2H3;2*1H;/q;;;;;+2/p-2. The van der Waals surface area contributed by atoms with Gasteiger partial charge in [0, 0.05) is 0 Å². The summed E-state index contributed by atoms with van der Waals surface area (Å²) in [6.07, 6.45) is 20.7. The molecule has 3 atom stereocenters. The van der Waals surface area contributed by atoms with Gasteiger partial charge in [0.1, 0.15) is 0 Å². The van der Waals surface area contributed by atoms with Crippen molar-refractivity contribution in [3.8, 4) is 11.1 Å². The second kappa shape index (κ2) is 14.1. The Labute approximate surface area is 300 Å². The molecule has 0 aliphatic heterocycles. The van der Waals surface area contributed by atoms with Gasteiger partial charge in [0.15, 0.2) is 0 Å². The molecule has 3 aromatic rings. The summed E-state index contributed by atoms with van der Waals surface area (Å²) in [6.45, 7) is 12.1. The van der Waals surface area contributed by atoms with E-state index in [-0.39, 0.29) is 7.25 Å². The molecule has 3 unspecified atom stereocenters. The number of halogens is 2. The maximum atomic E-state index is 8.81. The number of fused-ring (bicyclic) bond motifs is 2. The van der Waals surface area contributed by atoms with Crippen LogP contribution in [0.2, 0.25) is 13.1 Å². The fourth-order valence-corrected chi connectivity index (χ4v) is 41.8. The summed E-state index contributed by atoms with van der Waals surface area (Å²) in [5.74, 6) is 0.264. The summed E-state index contributed by atoms with van der Waals surface area (Å²) in [6, 6.07) is 23.8. The van der Waals surface area contributed by atoms with E-state index >= 15 is 0 Å². The average molecular weight is 776 g/mol. The summed E-state index contributed by atoms with van der Waals surface area (Å²) in [5, 5.41) is 0. The van der Waals surface area contributed by atoms with Crippen molar-refractivity contribution in [3.63, 3.8) is 0 Å². The van der Waals surface area contributed by atoms with Crippen molar-refractivity contribution >= 4 is 35.1 Å². The molecule has 0 bridgehead atoms. The molecule has 0 aromatic heterocycles. The first-order chi connectivity index (χ1) is 23.2. The van der Waals surface area contributed by atoms with Crippen LogP contribution in [-0.2, 0) is 15.6 Å². The van der Waals surface area contributed by atoms with Crippen LogP contribution < -0.4 is 0 Å². The van der Waals surface area contributed by atoms with Crippen LogP contribution >= 0.6 is 17.0 Å². The molecule has 7 rings (SSSR count). The van der Waals surface area contributed by atoms with E-state index in [0.717, 1.165) is 18.8 Å². The molecular weight excluding hydrogens is 719 g/mol. The molecule has 0 nitrogen and oxygen atoms in total. The minimum absolute atomic E-state index is 0.165. The third kappa shape index (κ3) is 5.90. The van der Waals surface area contributed by atoms with E-state index < -0.39 is 21.5 Å². The molecule has 2 saturated carbocycles. The van der Waals surface area contributed by atoms with E-state index in [1.165, 1.54) is 114 Å². The number of rotatable bonds is 9. The predicted octanol–water partition coefficient (Wildman–Crippen LogP) is 14.5. The number of hydrogen-bond acceptors (Lipinski definition) is 0. The van der Waals surface area contributed by atoms with Crippen molar-refractivity contribution in [1.82, 2.24) is 0 Å². The van der Waals surface area contributed by atoms with Crippen molar-refractivity contribution in [2.75, 3.05) is 0 Å². The fourth-order valence-electron chi connectivity index (χ4n) is 10.4. The first-order valence-electron chi connectivity index (χ1n) is 19.5. The molecular formula is C44H57Cl2SiZr. The van der Waals surface area contributed by atoms with Gasteiger partial charge < -0.3 is 0 Å². The quantitative estimate of drug-likeness (QED) is 0.190. The molecule has 4 aliphatic rings. The summed E-state index contributed by atoms with van der Waals surface area (Å²) < 4.78 is 0.367. The van der Waals surface area contributed by atoms with Crippen LogP contribution in [0.4, 0.5) is 0 Å². The first-order valence-corrected chi connectivity index (χ1v) is 35.8. The van der Waals surface area contributed by atoms with Gasteiger partial charge in [-0.15, -0.1) is 0 Å². The van der Waals surface area contributed by atoms with Crippen LogP contribution in [0.25, 0.3) is 23.3 Å². The van der Waals surface area contributed by atoms with Gasteiger partial charge in [0.25, 0.3) is 0 Å². The maximum absolute atomic E-state index is 8.81.